The van der Waals surface area contributed by atoms with E-state index >= 15 is 0 Å². The van der Waals surface area contributed by atoms with Crippen LogP contribution in [-0.4, -0.2) is 61.3 Å². The van der Waals surface area contributed by atoms with Gasteiger partial charge in [0.1, 0.15) is 0 Å². The van der Waals surface area contributed by atoms with Crippen molar-refractivity contribution in [1.82, 2.24) is 15.5 Å². The van der Waals surface area contributed by atoms with Crippen molar-refractivity contribution in [2.75, 3.05) is 33.7 Å². The van der Waals surface area contributed by atoms with E-state index in [2.05, 4.69) is 16.6 Å². The van der Waals surface area contributed by atoms with E-state index in [0.717, 1.165) is 0 Å². The second kappa shape index (κ2) is 7.28. The third-order valence-corrected chi connectivity index (χ3v) is 2.20. The molecule has 17 heavy (non-hydrogen) atoms. The van der Waals surface area contributed by atoms with Crippen molar-refractivity contribution in [1.29, 1.82) is 0 Å². The lowest BCUT2D eigenvalue weighted by molar-refractivity contribution is -0.122. The molecule has 0 bridgehead atoms. The zero-order valence-electron chi connectivity index (χ0n) is 11.1. The van der Waals surface area contributed by atoms with Crippen LogP contribution in [-0.2, 0) is 4.79 Å². The van der Waals surface area contributed by atoms with Gasteiger partial charge in [0, 0.05) is 13.1 Å². The summed E-state index contributed by atoms with van der Waals surface area (Å²) in [5, 5.41) is 15.6. The van der Waals surface area contributed by atoms with Gasteiger partial charge in [-0.3, -0.25) is 4.79 Å². The first-order valence-electron chi connectivity index (χ1n) is 5.60. The number of amides is 1. The molecule has 2 unspecified atom stereocenters. The van der Waals surface area contributed by atoms with Crippen LogP contribution in [0.1, 0.15) is 13.8 Å². The van der Waals surface area contributed by atoms with Crippen LogP contribution in [0.2, 0.25) is 0 Å². The highest BCUT2D eigenvalue weighted by atomic mass is 16.3. The topological polar surface area (TPSA) is 64.6 Å². The third-order valence-electron chi connectivity index (χ3n) is 2.20. The van der Waals surface area contributed by atoms with Gasteiger partial charge in [-0.1, -0.05) is 5.92 Å². The van der Waals surface area contributed by atoms with Crippen molar-refractivity contribution in [2.45, 2.75) is 25.5 Å². The summed E-state index contributed by atoms with van der Waals surface area (Å²) in [5.41, 5.74) is -0.871. The Labute approximate surface area is 104 Å². The predicted molar refractivity (Wildman–Crippen MR) is 68.5 cm³/mol. The van der Waals surface area contributed by atoms with Crippen molar-refractivity contribution in [2.24, 2.45) is 0 Å². The highest BCUT2D eigenvalue weighted by Crippen LogP contribution is 2.03. The Balaban J connectivity index is 4.02. The van der Waals surface area contributed by atoms with Gasteiger partial charge in [-0.2, -0.15) is 0 Å². The summed E-state index contributed by atoms with van der Waals surface area (Å²) >= 11 is 0. The number of nitrogens with one attached hydrogen (secondary N) is 2. The normalized spacial score (nSPS) is 16.1. The van der Waals surface area contributed by atoms with Crippen LogP contribution in [0.25, 0.3) is 0 Å². The van der Waals surface area contributed by atoms with E-state index in [9.17, 15) is 9.90 Å². The highest BCUT2D eigenvalue weighted by molar-refractivity contribution is 5.81. The molecule has 0 aliphatic carbocycles. The van der Waals surface area contributed by atoms with E-state index in [1.54, 1.807) is 13.8 Å². The van der Waals surface area contributed by atoms with Crippen molar-refractivity contribution in [3.8, 4) is 12.3 Å². The van der Waals surface area contributed by atoms with E-state index in [4.69, 9.17) is 6.42 Å². The number of carbonyl (C=O) groups is 1. The molecule has 3 N–H and O–H groups in total. The van der Waals surface area contributed by atoms with E-state index in [1.165, 1.54) is 0 Å². The highest BCUT2D eigenvalue weighted by Gasteiger charge is 2.23. The summed E-state index contributed by atoms with van der Waals surface area (Å²) in [6, 6.07) is -0.378. The Hall–Kier alpha value is -1.09. The van der Waals surface area contributed by atoms with Gasteiger partial charge in [-0.05, 0) is 27.9 Å². The fourth-order valence-electron chi connectivity index (χ4n) is 1.49. The van der Waals surface area contributed by atoms with Gasteiger partial charge in [0.05, 0.1) is 18.2 Å². The quantitative estimate of drug-likeness (QED) is 0.502. The number of hydrogen-bond acceptors (Lipinski definition) is 4. The zero-order valence-corrected chi connectivity index (χ0v) is 11.1. The molecule has 0 aliphatic rings. The number of rotatable bonds is 7. The SMILES string of the molecule is C#CCNC(=O)C(C)NCC(C)(O)CN(C)C. The monoisotopic (exact) mass is 241 g/mol. The molecule has 0 saturated carbocycles. The van der Waals surface area contributed by atoms with Gasteiger partial charge in [-0.25, -0.2) is 0 Å². The van der Waals surface area contributed by atoms with Gasteiger partial charge in [0.15, 0.2) is 0 Å². The molecule has 5 nitrogen and oxygen atoms in total. The first-order valence-corrected chi connectivity index (χ1v) is 5.60. The number of likely N-dealkylation sites (N-methyl/N-ethyl adjacent to an activating group) is 1. The van der Waals surface area contributed by atoms with E-state index in [0.29, 0.717) is 13.1 Å². The molecule has 0 fully saturated rings. The van der Waals surface area contributed by atoms with E-state index in [-0.39, 0.29) is 18.5 Å². The second-order valence-electron chi connectivity index (χ2n) is 4.76. The first kappa shape index (κ1) is 15.9. The molecule has 0 heterocycles. The van der Waals surface area contributed by atoms with Gasteiger partial charge in [0.2, 0.25) is 5.91 Å². The predicted octanol–water partition coefficient (Wildman–Crippen LogP) is -0.973. The molecule has 0 saturated heterocycles. The van der Waals surface area contributed by atoms with Crippen LogP contribution < -0.4 is 10.6 Å². The molecule has 0 spiro atoms. The number of aliphatic hydroxyl groups is 1. The maximum Gasteiger partial charge on any atom is 0.237 e. The van der Waals surface area contributed by atoms with Crippen molar-refractivity contribution in [3.05, 3.63) is 0 Å². The summed E-state index contributed by atoms with van der Waals surface area (Å²) in [7, 11) is 3.77. The molecule has 5 heteroatoms. The second-order valence-corrected chi connectivity index (χ2v) is 4.76. The Morgan fingerprint density at radius 2 is 2.18 bits per heavy atom. The van der Waals surface area contributed by atoms with Crippen LogP contribution >= 0.6 is 0 Å². The standard InChI is InChI=1S/C12H23N3O2/c1-6-7-13-11(16)10(2)14-8-12(3,17)9-15(4)5/h1,10,14,17H,7-9H2,2-5H3,(H,13,16). The van der Waals surface area contributed by atoms with Crippen LogP contribution in [0.3, 0.4) is 0 Å². The molecule has 98 valence electrons. The molecule has 0 aromatic heterocycles. The lowest BCUT2D eigenvalue weighted by Crippen LogP contribution is -2.51. The maximum atomic E-state index is 11.5. The Morgan fingerprint density at radius 1 is 1.59 bits per heavy atom. The first-order chi connectivity index (χ1) is 7.78. The van der Waals surface area contributed by atoms with Crippen molar-refractivity contribution >= 4 is 5.91 Å². The molecular formula is C12H23N3O2. The molecule has 1 amide bonds. The van der Waals surface area contributed by atoms with Gasteiger partial charge < -0.3 is 20.6 Å². The maximum absolute atomic E-state index is 11.5. The lowest BCUT2D eigenvalue weighted by Gasteiger charge is -2.28. The molecule has 0 aromatic rings. The van der Waals surface area contributed by atoms with Crippen molar-refractivity contribution in [3.63, 3.8) is 0 Å². The fourth-order valence-corrected chi connectivity index (χ4v) is 1.49. The third kappa shape index (κ3) is 7.75. The number of terminal acetylenes is 1. The minimum Gasteiger partial charge on any atom is -0.388 e. The van der Waals surface area contributed by atoms with E-state index < -0.39 is 5.60 Å². The molecule has 2 atom stereocenters. The van der Waals surface area contributed by atoms with Gasteiger partial charge in [0.25, 0.3) is 0 Å². The van der Waals surface area contributed by atoms with Crippen LogP contribution in [0.4, 0.5) is 0 Å². The van der Waals surface area contributed by atoms with Crippen LogP contribution in [0, 0.1) is 12.3 Å². The lowest BCUT2D eigenvalue weighted by atomic mass is 10.1. The summed E-state index contributed by atoms with van der Waals surface area (Å²) < 4.78 is 0. The molecule has 0 aromatic carbocycles. The fraction of sp³-hybridized carbons (Fsp3) is 0.750. The van der Waals surface area contributed by atoms with Gasteiger partial charge >= 0.3 is 0 Å². The Kier molecular flexibility index (Phi) is 6.81. The minimum atomic E-state index is -0.871. The number of nitrogens with zero attached hydrogens (tertiary/aromatic N) is 1. The van der Waals surface area contributed by atoms with Crippen molar-refractivity contribution < 1.29 is 9.90 Å². The van der Waals surface area contributed by atoms with Crippen LogP contribution in [0.5, 0.6) is 0 Å². The summed E-state index contributed by atoms with van der Waals surface area (Å²) in [6.07, 6.45) is 5.04. The summed E-state index contributed by atoms with van der Waals surface area (Å²) in [5.74, 6) is 2.17. The minimum absolute atomic E-state index is 0.163. The zero-order chi connectivity index (χ0) is 13.5. The van der Waals surface area contributed by atoms with Gasteiger partial charge in [-0.15, -0.1) is 6.42 Å². The summed E-state index contributed by atoms with van der Waals surface area (Å²) in [6.45, 7) is 4.55. The number of carbonyl (C=O) groups excluding carboxylic acids is 1. The molecule has 0 aliphatic heterocycles. The Morgan fingerprint density at radius 3 is 2.65 bits per heavy atom. The number of hydrogen-bond donors (Lipinski definition) is 3. The molecule has 0 radical (unpaired) electrons. The smallest absolute Gasteiger partial charge is 0.237 e. The largest absolute Gasteiger partial charge is 0.388 e. The Bertz CT molecular complexity index is 282. The molecule has 0 rings (SSSR count). The molecular weight excluding hydrogens is 218 g/mol. The van der Waals surface area contributed by atoms with E-state index in [1.807, 2.05) is 19.0 Å². The average Bonchev–Trinajstić information content (AvgIpc) is 2.20. The van der Waals surface area contributed by atoms with Crippen LogP contribution in [0.15, 0.2) is 0 Å². The summed E-state index contributed by atoms with van der Waals surface area (Å²) in [4.78, 5) is 13.4. The average molecular weight is 241 g/mol.